The predicted molar refractivity (Wildman–Crippen MR) is 117 cm³/mol. The van der Waals surface area contributed by atoms with E-state index in [1.165, 1.54) is 5.56 Å². The van der Waals surface area contributed by atoms with Gasteiger partial charge in [0.2, 0.25) is 0 Å². The monoisotopic (exact) mass is 392 g/mol. The third-order valence-electron chi connectivity index (χ3n) is 4.61. The van der Waals surface area contributed by atoms with E-state index >= 15 is 0 Å². The zero-order chi connectivity index (χ0) is 20.9. The van der Waals surface area contributed by atoms with Gasteiger partial charge >= 0.3 is 0 Å². The molecule has 2 aromatic carbocycles. The standard InChI is InChI=1S/C23H28N4O2/c1-23(2,3)17-7-9-18(10-8-17)27-22-13-21(25-15-26-22)24-14-16-6-11-19(28-4)20(12-16)29-5/h6-13,15H,14H2,1-5H3,(H2,24,25,26,27). The van der Waals surface area contributed by atoms with Gasteiger partial charge < -0.3 is 20.1 Å². The summed E-state index contributed by atoms with van der Waals surface area (Å²) in [5.74, 6) is 2.89. The molecule has 0 saturated carbocycles. The molecule has 6 nitrogen and oxygen atoms in total. The number of aromatic nitrogens is 2. The second-order valence-electron chi connectivity index (χ2n) is 7.78. The van der Waals surface area contributed by atoms with Crippen LogP contribution in [0.1, 0.15) is 31.9 Å². The first-order valence-electron chi connectivity index (χ1n) is 9.53. The van der Waals surface area contributed by atoms with Gasteiger partial charge in [-0.05, 0) is 40.8 Å². The number of ether oxygens (including phenoxy) is 2. The van der Waals surface area contributed by atoms with Gasteiger partial charge in [0.1, 0.15) is 18.0 Å². The molecule has 0 amide bonds. The van der Waals surface area contributed by atoms with Crippen molar-refractivity contribution in [2.45, 2.75) is 32.7 Å². The van der Waals surface area contributed by atoms with Crippen molar-refractivity contribution < 1.29 is 9.47 Å². The zero-order valence-corrected chi connectivity index (χ0v) is 17.6. The maximum absolute atomic E-state index is 5.36. The summed E-state index contributed by atoms with van der Waals surface area (Å²) in [5.41, 5.74) is 3.48. The van der Waals surface area contributed by atoms with Crippen LogP contribution in [-0.4, -0.2) is 24.2 Å². The Morgan fingerprint density at radius 3 is 2.17 bits per heavy atom. The van der Waals surface area contributed by atoms with Crippen LogP contribution < -0.4 is 20.1 Å². The van der Waals surface area contributed by atoms with Crippen molar-refractivity contribution in [3.63, 3.8) is 0 Å². The molecule has 3 aromatic rings. The van der Waals surface area contributed by atoms with E-state index in [1.54, 1.807) is 20.5 Å². The van der Waals surface area contributed by atoms with Crippen molar-refractivity contribution in [3.8, 4) is 11.5 Å². The maximum Gasteiger partial charge on any atom is 0.161 e. The fraction of sp³-hybridized carbons (Fsp3) is 0.304. The molecule has 0 spiro atoms. The lowest BCUT2D eigenvalue weighted by molar-refractivity contribution is 0.354. The Balaban J connectivity index is 1.65. The Hall–Kier alpha value is -3.28. The van der Waals surface area contributed by atoms with E-state index in [2.05, 4.69) is 65.6 Å². The summed E-state index contributed by atoms with van der Waals surface area (Å²) < 4.78 is 10.6. The first-order valence-corrected chi connectivity index (χ1v) is 9.53. The topological polar surface area (TPSA) is 68.3 Å². The number of nitrogens with zero attached hydrogens (tertiary/aromatic N) is 2. The first-order chi connectivity index (χ1) is 13.9. The van der Waals surface area contributed by atoms with Crippen molar-refractivity contribution in [3.05, 3.63) is 66.0 Å². The summed E-state index contributed by atoms with van der Waals surface area (Å²) in [7, 11) is 3.26. The summed E-state index contributed by atoms with van der Waals surface area (Å²) in [5, 5.41) is 6.64. The lowest BCUT2D eigenvalue weighted by atomic mass is 9.87. The number of benzene rings is 2. The number of rotatable bonds is 7. The van der Waals surface area contributed by atoms with Crippen molar-refractivity contribution >= 4 is 17.3 Å². The molecule has 6 heteroatoms. The largest absolute Gasteiger partial charge is 0.493 e. The summed E-state index contributed by atoms with van der Waals surface area (Å²) in [6.45, 7) is 7.22. The molecule has 0 aliphatic carbocycles. The minimum atomic E-state index is 0.134. The van der Waals surface area contributed by atoms with Crippen LogP contribution >= 0.6 is 0 Å². The van der Waals surface area contributed by atoms with Crippen LogP contribution in [0.5, 0.6) is 11.5 Å². The van der Waals surface area contributed by atoms with Crippen LogP contribution in [0.4, 0.5) is 17.3 Å². The van der Waals surface area contributed by atoms with Crippen LogP contribution in [0.2, 0.25) is 0 Å². The van der Waals surface area contributed by atoms with Gasteiger partial charge in [0.25, 0.3) is 0 Å². The molecule has 152 valence electrons. The molecule has 3 rings (SSSR count). The Bertz CT molecular complexity index is 950. The van der Waals surface area contributed by atoms with Crippen molar-refractivity contribution in [2.75, 3.05) is 24.9 Å². The molecule has 0 atom stereocenters. The van der Waals surface area contributed by atoms with Gasteiger partial charge in [0.15, 0.2) is 11.5 Å². The van der Waals surface area contributed by atoms with Crippen molar-refractivity contribution in [2.24, 2.45) is 0 Å². The second-order valence-corrected chi connectivity index (χ2v) is 7.78. The molecule has 1 aromatic heterocycles. The molecule has 29 heavy (non-hydrogen) atoms. The number of nitrogens with one attached hydrogen (secondary N) is 2. The smallest absolute Gasteiger partial charge is 0.161 e. The average molecular weight is 393 g/mol. The first kappa shape index (κ1) is 20.5. The van der Waals surface area contributed by atoms with Crippen LogP contribution in [0, 0.1) is 0 Å². The molecular formula is C23H28N4O2. The maximum atomic E-state index is 5.36. The van der Waals surface area contributed by atoms with E-state index in [1.807, 2.05) is 24.3 Å². The number of hydrogen-bond donors (Lipinski definition) is 2. The quantitative estimate of drug-likeness (QED) is 0.580. The Morgan fingerprint density at radius 2 is 1.52 bits per heavy atom. The Morgan fingerprint density at radius 1 is 0.828 bits per heavy atom. The molecule has 0 unspecified atom stereocenters. The molecular weight excluding hydrogens is 364 g/mol. The van der Waals surface area contributed by atoms with Crippen LogP contribution in [-0.2, 0) is 12.0 Å². The zero-order valence-electron chi connectivity index (χ0n) is 17.6. The van der Waals surface area contributed by atoms with Gasteiger partial charge in [-0.15, -0.1) is 0 Å². The number of hydrogen-bond acceptors (Lipinski definition) is 6. The molecule has 0 aliphatic heterocycles. The minimum absolute atomic E-state index is 0.134. The fourth-order valence-electron chi connectivity index (χ4n) is 2.91. The third-order valence-corrected chi connectivity index (χ3v) is 4.61. The molecule has 0 saturated heterocycles. The molecule has 1 heterocycles. The molecule has 0 bridgehead atoms. The van der Waals surface area contributed by atoms with Crippen LogP contribution in [0.15, 0.2) is 54.9 Å². The van der Waals surface area contributed by atoms with Gasteiger partial charge in [0, 0.05) is 18.3 Å². The lowest BCUT2D eigenvalue weighted by Gasteiger charge is -2.19. The van der Waals surface area contributed by atoms with E-state index in [0.29, 0.717) is 18.0 Å². The Kier molecular flexibility index (Phi) is 6.22. The van der Waals surface area contributed by atoms with E-state index in [0.717, 1.165) is 22.9 Å². The normalized spacial score (nSPS) is 11.1. The van der Waals surface area contributed by atoms with Gasteiger partial charge in [-0.2, -0.15) is 0 Å². The number of anilines is 3. The molecule has 0 fully saturated rings. The second kappa shape index (κ2) is 8.82. The Labute approximate surface area is 172 Å². The van der Waals surface area contributed by atoms with Gasteiger partial charge in [-0.25, -0.2) is 9.97 Å². The molecule has 2 N–H and O–H groups in total. The SMILES string of the molecule is COc1ccc(CNc2cc(Nc3ccc(C(C)(C)C)cc3)ncn2)cc1OC. The summed E-state index contributed by atoms with van der Waals surface area (Å²) >= 11 is 0. The van der Waals surface area contributed by atoms with E-state index in [4.69, 9.17) is 9.47 Å². The molecule has 0 aliphatic rings. The fourth-order valence-corrected chi connectivity index (χ4v) is 2.91. The van der Waals surface area contributed by atoms with E-state index < -0.39 is 0 Å². The summed E-state index contributed by atoms with van der Waals surface area (Å²) in [4.78, 5) is 8.61. The average Bonchev–Trinajstić information content (AvgIpc) is 2.72. The summed E-state index contributed by atoms with van der Waals surface area (Å²) in [6.07, 6.45) is 1.54. The van der Waals surface area contributed by atoms with E-state index in [-0.39, 0.29) is 5.41 Å². The van der Waals surface area contributed by atoms with Crippen molar-refractivity contribution in [1.29, 1.82) is 0 Å². The molecule has 0 radical (unpaired) electrons. The highest BCUT2D eigenvalue weighted by Crippen LogP contribution is 2.28. The number of methoxy groups -OCH3 is 2. The predicted octanol–water partition coefficient (Wildman–Crippen LogP) is 5.15. The third kappa shape index (κ3) is 5.38. The van der Waals surface area contributed by atoms with Crippen LogP contribution in [0.3, 0.4) is 0 Å². The van der Waals surface area contributed by atoms with Gasteiger partial charge in [-0.1, -0.05) is 39.0 Å². The highest BCUT2D eigenvalue weighted by Gasteiger charge is 2.13. The van der Waals surface area contributed by atoms with Gasteiger partial charge in [-0.3, -0.25) is 0 Å². The summed E-state index contributed by atoms with van der Waals surface area (Å²) in [6, 6.07) is 16.1. The highest BCUT2D eigenvalue weighted by molar-refractivity contribution is 5.59. The van der Waals surface area contributed by atoms with Gasteiger partial charge in [0.05, 0.1) is 14.2 Å². The minimum Gasteiger partial charge on any atom is -0.493 e. The van der Waals surface area contributed by atoms with Crippen LogP contribution in [0.25, 0.3) is 0 Å². The van der Waals surface area contributed by atoms with E-state index in [9.17, 15) is 0 Å². The van der Waals surface area contributed by atoms with Crippen molar-refractivity contribution in [1.82, 2.24) is 9.97 Å². The lowest BCUT2D eigenvalue weighted by Crippen LogP contribution is -2.10. The highest BCUT2D eigenvalue weighted by atomic mass is 16.5.